The zero-order chi connectivity index (χ0) is 15.4. The van der Waals surface area contributed by atoms with Crippen molar-refractivity contribution in [1.29, 1.82) is 0 Å². The number of esters is 1. The van der Waals surface area contributed by atoms with Crippen molar-refractivity contribution in [1.82, 2.24) is 10.1 Å². The third-order valence-electron chi connectivity index (χ3n) is 3.90. The Labute approximate surface area is 129 Å². The number of aromatic nitrogens is 1. The predicted octanol–water partition coefficient (Wildman–Crippen LogP) is 2.69. The Balaban J connectivity index is 1.56. The van der Waals surface area contributed by atoms with Gasteiger partial charge in [0.1, 0.15) is 18.4 Å². The first-order valence-electron chi connectivity index (χ1n) is 7.59. The van der Waals surface area contributed by atoms with Gasteiger partial charge in [0.25, 0.3) is 0 Å². The summed E-state index contributed by atoms with van der Waals surface area (Å²) in [6.07, 6.45) is 1.84. The summed E-state index contributed by atoms with van der Waals surface area (Å²) in [6, 6.07) is 11.5. The maximum Gasteiger partial charge on any atom is 0.323 e. The fourth-order valence-electron chi connectivity index (χ4n) is 2.81. The van der Waals surface area contributed by atoms with Crippen molar-refractivity contribution in [2.45, 2.75) is 39.0 Å². The van der Waals surface area contributed by atoms with Crippen LogP contribution in [-0.4, -0.2) is 28.6 Å². The fourth-order valence-corrected chi connectivity index (χ4v) is 2.81. The van der Waals surface area contributed by atoms with E-state index < -0.39 is 0 Å². The van der Waals surface area contributed by atoms with E-state index in [1.807, 2.05) is 43.3 Å². The summed E-state index contributed by atoms with van der Waals surface area (Å²) in [7, 11) is 0. The topological polar surface area (TPSA) is 55.6 Å². The van der Waals surface area contributed by atoms with E-state index in [4.69, 9.17) is 9.26 Å². The zero-order valence-corrected chi connectivity index (χ0v) is 12.7. The molecule has 116 valence electrons. The third kappa shape index (κ3) is 3.54. The predicted molar refractivity (Wildman–Crippen MR) is 80.9 cm³/mol. The van der Waals surface area contributed by atoms with Crippen molar-refractivity contribution in [2.24, 2.45) is 0 Å². The zero-order valence-electron chi connectivity index (χ0n) is 12.7. The SMILES string of the molecule is Cc1cc(CN2CCC[C@H]2C(=O)OCc2ccccc2)no1. The van der Waals surface area contributed by atoms with E-state index in [-0.39, 0.29) is 12.0 Å². The number of hydrogen-bond donors (Lipinski definition) is 0. The van der Waals surface area contributed by atoms with Gasteiger partial charge in [-0.15, -0.1) is 0 Å². The normalized spacial score (nSPS) is 18.5. The summed E-state index contributed by atoms with van der Waals surface area (Å²) in [5.74, 6) is 0.638. The van der Waals surface area contributed by atoms with Crippen LogP contribution in [0.1, 0.15) is 29.9 Å². The van der Waals surface area contributed by atoms with E-state index >= 15 is 0 Å². The molecule has 3 rings (SSSR count). The molecular formula is C17H20N2O3. The van der Waals surface area contributed by atoms with Gasteiger partial charge in [0.15, 0.2) is 0 Å². The minimum Gasteiger partial charge on any atom is -0.460 e. The molecule has 0 amide bonds. The molecule has 1 aliphatic rings. The second-order valence-electron chi connectivity index (χ2n) is 5.65. The lowest BCUT2D eigenvalue weighted by Crippen LogP contribution is -2.36. The lowest BCUT2D eigenvalue weighted by atomic mass is 10.2. The number of aryl methyl sites for hydroxylation is 1. The maximum atomic E-state index is 12.3. The van der Waals surface area contributed by atoms with E-state index in [9.17, 15) is 4.79 Å². The van der Waals surface area contributed by atoms with E-state index in [0.29, 0.717) is 13.2 Å². The Morgan fingerprint density at radius 2 is 2.23 bits per heavy atom. The first-order chi connectivity index (χ1) is 10.7. The Morgan fingerprint density at radius 3 is 2.95 bits per heavy atom. The molecule has 5 heteroatoms. The summed E-state index contributed by atoms with van der Waals surface area (Å²) >= 11 is 0. The van der Waals surface area contributed by atoms with Gasteiger partial charge in [0, 0.05) is 12.6 Å². The van der Waals surface area contributed by atoms with Gasteiger partial charge in [0.2, 0.25) is 0 Å². The van der Waals surface area contributed by atoms with Gasteiger partial charge in [-0.3, -0.25) is 9.69 Å². The third-order valence-corrected chi connectivity index (χ3v) is 3.90. The van der Waals surface area contributed by atoms with Crippen molar-refractivity contribution in [2.75, 3.05) is 6.54 Å². The van der Waals surface area contributed by atoms with Crippen LogP contribution in [0.2, 0.25) is 0 Å². The molecule has 0 aliphatic carbocycles. The van der Waals surface area contributed by atoms with Gasteiger partial charge in [0.05, 0.1) is 5.69 Å². The standard InChI is InChI=1S/C17H20N2O3/c1-13-10-15(18-22-13)11-19-9-5-8-16(19)17(20)21-12-14-6-3-2-4-7-14/h2-4,6-7,10,16H,5,8-9,11-12H2,1H3/t16-/m0/s1. The highest BCUT2D eigenvalue weighted by atomic mass is 16.5. The van der Waals surface area contributed by atoms with Crippen molar-refractivity contribution in [3.8, 4) is 0 Å². The first kappa shape index (κ1) is 14.8. The van der Waals surface area contributed by atoms with E-state index in [2.05, 4.69) is 10.1 Å². The average Bonchev–Trinajstić information content (AvgIpc) is 3.15. The molecule has 1 saturated heterocycles. The quantitative estimate of drug-likeness (QED) is 0.795. The largest absolute Gasteiger partial charge is 0.460 e. The van der Waals surface area contributed by atoms with Crippen LogP contribution in [-0.2, 0) is 22.7 Å². The van der Waals surface area contributed by atoms with Gasteiger partial charge in [-0.25, -0.2) is 0 Å². The number of hydrogen-bond acceptors (Lipinski definition) is 5. The summed E-state index contributed by atoms with van der Waals surface area (Å²) in [5, 5.41) is 4.00. The van der Waals surface area contributed by atoms with Crippen LogP contribution >= 0.6 is 0 Å². The highest BCUT2D eigenvalue weighted by Gasteiger charge is 2.32. The monoisotopic (exact) mass is 300 g/mol. The van der Waals surface area contributed by atoms with Crippen LogP contribution in [0.5, 0.6) is 0 Å². The number of benzene rings is 1. The molecule has 1 atom stereocenters. The van der Waals surface area contributed by atoms with Crippen LogP contribution in [0.25, 0.3) is 0 Å². The molecule has 1 fully saturated rings. The Hall–Kier alpha value is -2.14. The van der Waals surface area contributed by atoms with Crippen LogP contribution in [0.15, 0.2) is 40.9 Å². The molecule has 1 aliphatic heterocycles. The molecule has 2 aromatic rings. The first-order valence-corrected chi connectivity index (χ1v) is 7.59. The molecule has 0 spiro atoms. The fraction of sp³-hybridized carbons (Fsp3) is 0.412. The van der Waals surface area contributed by atoms with Crippen LogP contribution < -0.4 is 0 Å². The molecule has 2 heterocycles. The summed E-state index contributed by atoms with van der Waals surface area (Å²) in [6.45, 7) is 3.71. The molecule has 1 aromatic carbocycles. The molecule has 0 saturated carbocycles. The molecular weight excluding hydrogens is 280 g/mol. The Bertz CT molecular complexity index is 624. The van der Waals surface area contributed by atoms with Gasteiger partial charge >= 0.3 is 5.97 Å². The molecule has 22 heavy (non-hydrogen) atoms. The molecule has 0 bridgehead atoms. The second-order valence-corrected chi connectivity index (χ2v) is 5.65. The molecule has 5 nitrogen and oxygen atoms in total. The Morgan fingerprint density at radius 1 is 1.41 bits per heavy atom. The van der Waals surface area contributed by atoms with Crippen molar-refractivity contribution in [3.63, 3.8) is 0 Å². The number of carbonyl (C=O) groups excluding carboxylic acids is 1. The van der Waals surface area contributed by atoms with E-state index in [1.165, 1.54) is 0 Å². The van der Waals surface area contributed by atoms with Crippen LogP contribution in [0.4, 0.5) is 0 Å². The second kappa shape index (κ2) is 6.75. The van der Waals surface area contributed by atoms with Gasteiger partial charge in [-0.05, 0) is 31.9 Å². The number of nitrogens with zero attached hydrogens (tertiary/aromatic N) is 2. The summed E-state index contributed by atoms with van der Waals surface area (Å²) < 4.78 is 10.5. The Kier molecular flexibility index (Phi) is 4.53. The number of likely N-dealkylation sites (tertiary alicyclic amines) is 1. The average molecular weight is 300 g/mol. The van der Waals surface area contributed by atoms with Crippen LogP contribution in [0, 0.1) is 6.92 Å². The highest BCUT2D eigenvalue weighted by molar-refractivity contribution is 5.76. The van der Waals surface area contributed by atoms with Crippen molar-refractivity contribution < 1.29 is 14.1 Å². The smallest absolute Gasteiger partial charge is 0.323 e. The van der Waals surface area contributed by atoms with Gasteiger partial charge < -0.3 is 9.26 Å². The van der Waals surface area contributed by atoms with Crippen LogP contribution in [0.3, 0.4) is 0 Å². The van der Waals surface area contributed by atoms with Gasteiger partial charge in [-0.1, -0.05) is 35.5 Å². The van der Waals surface area contributed by atoms with Gasteiger partial charge in [-0.2, -0.15) is 0 Å². The highest BCUT2D eigenvalue weighted by Crippen LogP contribution is 2.21. The lowest BCUT2D eigenvalue weighted by Gasteiger charge is -2.21. The lowest BCUT2D eigenvalue weighted by molar-refractivity contribution is -0.150. The van der Waals surface area contributed by atoms with E-state index in [1.54, 1.807) is 0 Å². The number of ether oxygens (including phenoxy) is 1. The number of carbonyl (C=O) groups is 1. The number of rotatable bonds is 5. The van der Waals surface area contributed by atoms with E-state index in [0.717, 1.165) is 36.4 Å². The molecule has 0 unspecified atom stereocenters. The molecule has 0 N–H and O–H groups in total. The summed E-state index contributed by atoms with van der Waals surface area (Å²) in [4.78, 5) is 14.4. The molecule has 0 radical (unpaired) electrons. The maximum absolute atomic E-state index is 12.3. The summed E-state index contributed by atoms with van der Waals surface area (Å²) in [5.41, 5.74) is 1.87. The minimum absolute atomic E-state index is 0.151. The molecule has 1 aromatic heterocycles. The van der Waals surface area contributed by atoms with Crippen molar-refractivity contribution in [3.05, 3.63) is 53.4 Å². The van der Waals surface area contributed by atoms with Crippen molar-refractivity contribution >= 4 is 5.97 Å². The minimum atomic E-state index is -0.180.